The van der Waals surface area contributed by atoms with Gasteiger partial charge in [0.1, 0.15) is 12.1 Å². The maximum absolute atomic E-state index is 13.0. The summed E-state index contributed by atoms with van der Waals surface area (Å²) in [6.45, 7) is 0. The number of nitro groups is 1. The van der Waals surface area contributed by atoms with Crippen LogP contribution in [-0.2, 0) is 0 Å². The van der Waals surface area contributed by atoms with Crippen LogP contribution in [0.15, 0.2) is 24.5 Å². The first-order valence-corrected chi connectivity index (χ1v) is 5.29. The molecule has 104 valence electrons. The van der Waals surface area contributed by atoms with E-state index in [4.69, 9.17) is 15.2 Å². The van der Waals surface area contributed by atoms with Crippen LogP contribution < -0.4 is 15.2 Å². The molecule has 0 aliphatic carbocycles. The van der Waals surface area contributed by atoms with Crippen molar-refractivity contribution in [2.45, 2.75) is 0 Å². The monoisotopic (exact) mass is 280 g/mol. The molecule has 2 rings (SSSR count). The highest BCUT2D eigenvalue weighted by molar-refractivity contribution is 5.55. The van der Waals surface area contributed by atoms with E-state index >= 15 is 0 Å². The molecule has 0 saturated carbocycles. The molecule has 1 heterocycles. The van der Waals surface area contributed by atoms with Gasteiger partial charge in [0.25, 0.3) is 5.88 Å². The van der Waals surface area contributed by atoms with Crippen LogP contribution in [0.4, 0.5) is 15.9 Å². The SMILES string of the molecule is COc1c(N)ncnc1Oc1ccc(F)cc1[N+](=O)[O-]. The minimum absolute atomic E-state index is 0.0160. The van der Waals surface area contributed by atoms with Crippen molar-refractivity contribution in [2.75, 3.05) is 12.8 Å². The molecule has 2 aromatic rings. The van der Waals surface area contributed by atoms with Crippen LogP contribution in [0.3, 0.4) is 0 Å². The smallest absolute Gasteiger partial charge is 0.314 e. The number of rotatable bonds is 4. The molecule has 8 nitrogen and oxygen atoms in total. The second kappa shape index (κ2) is 5.34. The number of halogens is 1. The lowest BCUT2D eigenvalue weighted by Crippen LogP contribution is -2.01. The van der Waals surface area contributed by atoms with Gasteiger partial charge in [0.05, 0.1) is 18.1 Å². The summed E-state index contributed by atoms with van der Waals surface area (Å²) in [6.07, 6.45) is 1.11. The Morgan fingerprint density at radius 3 is 2.80 bits per heavy atom. The van der Waals surface area contributed by atoms with Gasteiger partial charge in [0.2, 0.25) is 11.5 Å². The van der Waals surface area contributed by atoms with Crippen LogP contribution in [0.1, 0.15) is 0 Å². The maximum Gasteiger partial charge on any atom is 0.314 e. The molecule has 0 aliphatic heterocycles. The number of methoxy groups -OCH3 is 1. The number of nitrogens with zero attached hydrogens (tertiary/aromatic N) is 3. The van der Waals surface area contributed by atoms with E-state index in [2.05, 4.69) is 9.97 Å². The average Bonchev–Trinajstić information content (AvgIpc) is 2.41. The first-order valence-electron chi connectivity index (χ1n) is 5.29. The number of nitrogens with two attached hydrogens (primary N) is 1. The molecule has 0 fully saturated rings. The summed E-state index contributed by atoms with van der Waals surface area (Å²) < 4.78 is 23.2. The number of hydrogen-bond donors (Lipinski definition) is 1. The topological polar surface area (TPSA) is 113 Å². The molecule has 1 aromatic heterocycles. The highest BCUT2D eigenvalue weighted by atomic mass is 19.1. The van der Waals surface area contributed by atoms with E-state index < -0.39 is 16.4 Å². The normalized spacial score (nSPS) is 10.1. The van der Waals surface area contributed by atoms with E-state index in [0.717, 1.165) is 24.5 Å². The first-order chi connectivity index (χ1) is 9.52. The minimum atomic E-state index is -0.768. The molecule has 0 radical (unpaired) electrons. The largest absolute Gasteiger partial charge is 0.489 e. The molecule has 0 amide bonds. The lowest BCUT2D eigenvalue weighted by molar-refractivity contribution is -0.385. The lowest BCUT2D eigenvalue weighted by atomic mass is 10.3. The number of benzene rings is 1. The van der Waals surface area contributed by atoms with Crippen LogP contribution in [0, 0.1) is 15.9 Å². The highest BCUT2D eigenvalue weighted by Gasteiger charge is 2.20. The molecule has 0 aliphatic rings. The van der Waals surface area contributed by atoms with Crippen molar-refractivity contribution in [1.82, 2.24) is 9.97 Å². The van der Waals surface area contributed by atoms with E-state index in [9.17, 15) is 14.5 Å². The van der Waals surface area contributed by atoms with E-state index in [1.807, 2.05) is 0 Å². The number of aromatic nitrogens is 2. The molecular formula is C11H9FN4O4. The number of nitro benzene ring substituents is 1. The Morgan fingerprint density at radius 2 is 2.15 bits per heavy atom. The van der Waals surface area contributed by atoms with Gasteiger partial charge in [-0.3, -0.25) is 10.1 Å². The van der Waals surface area contributed by atoms with Gasteiger partial charge in [-0.1, -0.05) is 0 Å². The van der Waals surface area contributed by atoms with Crippen LogP contribution in [0.25, 0.3) is 0 Å². The second-order valence-corrected chi connectivity index (χ2v) is 3.57. The minimum Gasteiger partial charge on any atom is -0.489 e. The standard InChI is InChI=1S/C11H9FN4O4/c1-19-9-10(13)14-5-15-11(9)20-8-3-2-6(12)4-7(8)16(17)18/h2-5H,1H3,(H2,13,14,15). The molecule has 20 heavy (non-hydrogen) atoms. The van der Waals surface area contributed by atoms with Gasteiger partial charge in [-0.2, -0.15) is 4.98 Å². The van der Waals surface area contributed by atoms with E-state index in [1.54, 1.807) is 0 Å². The van der Waals surface area contributed by atoms with Crippen molar-refractivity contribution in [2.24, 2.45) is 0 Å². The molecule has 1 aromatic carbocycles. The molecule has 0 unspecified atom stereocenters. The van der Waals surface area contributed by atoms with Crippen LogP contribution in [0.5, 0.6) is 17.4 Å². The van der Waals surface area contributed by atoms with Gasteiger partial charge in [-0.05, 0) is 12.1 Å². The zero-order valence-electron chi connectivity index (χ0n) is 10.2. The lowest BCUT2D eigenvalue weighted by Gasteiger charge is -2.10. The summed E-state index contributed by atoms with van der Waals surface area (Å²) in [5.41, 5.74) is 5.02. The van der Waals surface area contributed by atoms with Gasteiger partial charge in [-0.15, -0.1) is 0 Å². The van der Waals surface area contributed by atoms with E-state index in [1.165, 1.54) is 7.11 Å². The molecular weight excluding hydrogens is 271 g/mol. The van der Waals surface area contributed by atoms with Gasteiger partial charge in [0.15, 0.2) is 5.82 Å². The zero-order chi connectivity index (χ0) is 14.7. The van der Waals surface area contributed by atoms with Crippen molar-refractivity contribution in [3.8, 4) is 17.4 Å². The Morgan fingerprint density at radius 1 is 1.40 bits per heavy atom. The molecule has 0 spiro atoms. The van der Waals surface area contributed by atoms with Gasteiger partial charge in [-0.25, -0.2) is 9.37 Å². The van der Waals surface area contributed by atoms with Gasteiger partial charge < -0.3 is 15.2 Å². The summed E-state index contributed by atoms with van der Waals surface area (Å²) in [4.78, 5) is 17.6. The molecule has 2 N–H and O–H groups in total. The third-order valence-electron chi connectivity index (χ3n) is 2.33. The summed E-state index contributed by atoms with van der Waals surface area (Å²) in [6, 6.07) is 2.89. The van der Waals surface area contributed by atoms with Crippen molar-refractivity contribution in [3.05, 3.63) is 40.5 Å². The average molecular weight is 280 g/mol. The van der Waals surface area contributed by atoms with E-state index in [-0.39, 0.29) is 23.2 Å². The summed E-state index contributed by atoms with van der Waals surface area (Å²) in [7, 11) is 1.32. The Balaban J connectivity index is 2.45. The predicted octanol–water partition coefficient (Wildman–Crippen LogP) is 1.91. The van der Waals surface area contributed by atoms with Crippen molar-refractivity contribution in [3.63, 3.8) is 0 Å². The molecule has 0 atom stereocenters. The fraction of sp³-hybridized carbons (Fsp3) is 0.0909. The molecule has 0 saturated heterocycles. The fourth-order valence-electron chi connectivity index (χ4n) is 1.46. The Hall–Kier alpha value is -2.97. The molecule has 0 bridgehead atoms. The Labute approximate surface area is 112 Å². The van der Waals surface area contributed by atoms with Crippen LogP contribution in [0.2, 0.25) is 0 Å². The van der Waals surface area contributed by atoms with Gasteiger partial charge in [0, 0.05) is 0 Å². The summed E-state index contributed by atoms with van der Waals surface area (Å²) in [5.74, 6) is -0.992. The number of hydrogen-bond acceptors (Lipinski definition) is 7. The van der Waals surface area contributed by atoms with E-state index in [0.29, 0.717) is 0 Å². The fourth-order valence-corrected chi connectivity index (χ4v) is 1.46. The highest BCUT2D eigenvalue weighted by Crippen LogP contribution is 2.36. The quantitative estimate of drug-likeness (QED) is 0.672. The van der Waals surface area contributed by atoms with Crippen molar-refractivity contribution in [1.29, 1.82) is 0 Å². The third-order valence-corrected chi connectivity index (χ3v) is 2.33. The van der Waals surface area contributed by atoms with Crippen LogP contribution in [-0.4, -0.2) is 22.0 Å². The number of anilines is 1. The first kappa shape index (κ1) is 13.5. The maximum atomic E-state index is 13.0. The predicted molar refractivity (Wildman–Crippen MR) is 66.1 cm³/mol. The van der Waals surface area contributed by atoms with Crippen molar-refractivity contribution < 1.29 is 18.8 Å². The molecule has 9 heteroatoms. The Bertz CT molecular complexity index is 665. The number of ether oxygens (including phenoxy) is 2. The van der Waals surface area contributed by atoms with Crippen molar-refractivity contribution >= 4 is 11.5 Å². The Kier molecular flexibility index (Phi) is 3.60. The zero-order valence-corrected chi connectivity index (χ0v) is 10.2. The third kappa shape index (κ3) is 2.55. The van der Waals surface area contributed by atoms with Crippen LogP contribution >= 0.6 is 0 Å². The van der Waals surface area contributed by atoms with Gasteiger partial charge >= 0.3 is 5.69 Å². The number of nitrogen functional groups attached to an aromatic ring is 1. The second-order valence-electron chi connectivity index (χ2n) is 3.57. The summed E-state index contributed by atoms with van der Waals surface area (Å²) >= 11 is 0. The summed E-state index contributed by atoms with van der Waals surface area (Å²) in [5, 5.41) is 10.9.